The molecule has 206 valence electrons. The maximum absolute atomic E-state index is 13.5. The standard InChI is InChI=1S/C27H30F3N7O2/c1-17-7-8-18(2)23-21(17)16-22(26(38)31-23)24(25-32-33-34-37(25)13-14-39-3)36-11-9-35(10-12-36)20-6-4-5-19(15-20)27(28,29)30/h4-8,15-16,24H,9-14H2,1-3H3,(H,31,38)/t24-/m1/s1. The zero-order valence-electron chi connectivity index (χ0n) is 22.0. The molecule has 0 bridgehead atoms. The first-order valence-corrected chi connectivity index (χ1v) is 12.7. The minimum atomic E-state index is -4.41. The zero-order chi connectivity index (χ0) is 27.7. The van der Waals surface area contributed by atoms with Crippen LogP contribution < -0.4 is 10.5 Å². The molecule has 39 heavy (non-hydrogen) atoms. The van der Waals surface area contributed by atoms with Crippen molar-refractivity contribution < 1.29 is 17.9 Å². The fraction of sp³-hybridized carbons (Fsp3) is 0.407. The van der Waals surface area contributed by atoms with Crippen molar-refractivity contribution in [3.05, 3.63) is 80.9 Å². The van der Waals surface area contributed by atoms with Crippen molar-refractivity contribution >= 4 is 16.6 Å². The summed E-state index contributed by atoms with van der Waals surface area (Å²) in [5.74, 6) is 0.509. The van der Waals surface area contributed by atoms with E-state index in [0.717, 1.165) is 28.1 Å². The van der Waals surface area contributed by atoms with E-state index in [0.29, 0.717) is 56.4 Å². The van der Waals surface area contributed by atoms with Gasteiger partial charge in [0, 0.05) is 49.9 Å². The number of benzene rings is 2. The van der Waals surface area contributed by atoms with Crippen LogP contribution in [0.1, 0.15) is 34.1 Å². The molecular weight excluding hydrogens is 511 g/mol. The van der Waals surface area contributed by atoms with E-state index in [1.807, 2.05) is 36.9 Å². The third kappa shape index (κ3) is 5.39. The maximum Gasteiger partial charge on any atom is 0.416 e. The Hall–Kier alpha value is -3.77. The van der Waals surface area contributed by atoms with Gasteiger partial charge in [0.15, 0.2) is 5.82 Å². The van der Waals surface area contributed by atoms with Crippen molar-refractivity contribution in [2.45, 2.75) is 32.6 Å². The molecule has 1 saturated heterocycles. The summed E-state index contributed by atoms with van der Waals surface area (Å²) in [5.41, 5.74) is 2.90. The highest BCUT2D eigenvalue weighted by molar-refractivity contribution is 5.85. The number of piperazine rings is 1. The fourth-order valence-corrected chi connectivity index (χ4v) is 5.16. The maximum atomic E-state index is 13.5. The Morgan fingerprint density at radius 3 is 2.51 bits per heavy atom. The fourth-order valence-electron chi connectivity index (χ4n) is 5.16. The number of nitrogens with zero attached hydrogens (tertiary/aromatic N) is 6. The van der Waals surface area contributed by atoms with Crippen molar-refractivity contribution in [3.8, 4) is 0 Å². The summed E-state index contributed by atoms with van der Waals surface area (Å²) in [7, 11) is 1.59. The highest BCUT2D eigenvalue weighted by Gasteiger charge is 2.34. The van der Waals surface area contributed by atoms with Gasteiger partial charge in [-0.3, -0.25) is 9.69 Å². The number of tetrazole rings is 1. The summed E-state index contributed by atoms with van der Waals surface area (Å²) in [5, 5.41) is 13.3. The molecule has 3 heterocycles. The number of aromatic amines is 1. The van der Waals surface area contributed by atoms with Crippen LogP contribution in [0.2, 0.25) is 0 Å². The first kappa shape index (κ1) is 26.8. The first-order chi connectivity index (χ1) is 18.7. The molecule has 1 atom stereocenters. The molecular formula is C27H30F3N7O2. The number of methoxy groups -OCH3 is 1. The SMILES string of the molecule is COCCn1nnnc1[C@@H](c1cc2c(C)ccc(C)c2[nH]c1=O)N1CCN(c2cccc(C(F)(F)F)c2)CC1. The molecule has 0 saturated carbocycles. The normalized spacial score (nSPS) is 15.7. The number of pyridine rings is 1. The predicted molar refractivity (Wildman–Crippen MR) is 141 cm³/mol. The molecule has 2 aromatic heterocycles. The largest absolute Gasteiger partial charge is 0.416 e. The van der Waals surface area contributed by atoms with Crippen LogP contribution in [0.3, 0.4) is 0 Å². The lowest BCUT2D eigenvalue weighted by atomic mass is 9.99. The lowest BCUT2D eigenvalue weighted by Crippen LogP contribution is -2.49. The minimum absolute atomic E-state index is 0.234. The van der Waals surface area contributed by atoms with Gasteiger partial charge in [-0.15, -0.1) is 5.10 Å². The Morgan fingerprint density at radius 2 is 1.79 bits per heavy atom. The van der Waals surface area contributed by atoms with Crippen LogP contribution in [-0.2, 0) is 17.5 Å². The molecule has 2 aromatic carbocycles. The van der Waals surface area contributed by atoms with Gasteiger partial charge in [-0.05, 0) is 59.7 Å². The van der Waals surface area contributed by atoms with Crippen LogP contribution in [0.5, 0.6) is 0 Å². The molecule has 0 unspecified atom stereocenters. The van der Waals surface area contributed by atoms with Crippen LogP contribution >= 0.6 is 0 Å². The first-order valence-electron chi connectivity index (χ1n) is 12.7. The molecule has 1 fully saturated rings. The average molecular weight is 542 g/mol. The van der Waals surface area contributed by atoms with Gasteiger partial charge >= 0.3 is 6.18 Å². The Morgan fingerprint density at radius 1 is 1.05 bits per heavy atom. The van der Waals surface area contributed by atoms with E-state index < -0.39 is 17.8 Å². The Kier molecular flexibility index (Phi) is 7.41. The van der Waals surface area contributed by atoms with Crippen molar-refractivity contribution in [1.82, 2.24) is 30.1 Å². The quantitative estimate of drug-likeness (QED) is 0.381. The van der Waals surface area contributed by atoms with Gasteiger partial charge in [-0.25, -0.2) is 4.68 Å². The van der Waals surface area contributed by atoms with E-state index in [1.165, 1.54) is 12.1 Å². The lowest BCUT2D eigenvalue weighted by molar-refractivity contribution is -0.137. The van der Waals surface area contributed by atoms with Gasteiger partial charge in [-0.2, -0.15) is 13.2 Å². The van der Waals surface area contributed by atoms with E-state index in [4.69, 9.17) is 4.74 Å². The zero-order valence-corrected chi connectivity index (χ0v) is 22.0. The summed E-state index contributed by atoms with van der Waals surface area (Å²) in [6, 6.07) is 10.7. The second kappa shape index (κ2) is 10.8. The van der Waals surface area contributed by atoms with Crippen molar-refractivity contribution in [1.29, 1.82) is 0 Å². The van der Waals surface area contributed by atoms with E-state index >= 15 is 0 Å². The summed E-state index contributed by atoms with van der Waals surface area (Å²) in [6.07, 6.45) is -4.41. The van der Waals surface area contributed by atoms with Crippen LogP contribution in [0.25, 0.3) is 10.9 Å². The number of halogens is 3. The van der Waals surface area contributed by atoms with Crippen molar-refractivity contribution in [2.75, 3.05) is 44.8 Å². The van der Waals surface area contributed by atoms with Gasteiger partial charge < -0.3 is 14.6 Å². The van der Waals surface area contributed by atoms with Crippen LogP contribution in [0.15, 0.2) is 47.3 Å². The Balaban J connectivity index is 1.51. The molecule has 1 aliphatic heterocycles. The Labute approximate surface area is 223 Å². The highest BCUT2D eigenvalue weighted by atomic mass is 19.4. The number of ether oxygens (including phenoxy) is 1. The molecule has 0 aliphatic carbocycles. The summed E-state index contributed by atoms with van der Waals surface area (Å²) in [4.78, 5) is 20.6. The predicted octanol–water partition coefficient (Wildman–Crippen LogP) is 3.71. The van der Waals surface area contributed by atoms with Gasteiger partial charge in [0.05, 0.1) is 24.2 Å². The third-order valence-electron chi connectivity index (χ3n) is 7.30. The molecule has 5 rings (SSSR count). The highest BCUT2D eigenvalue weighted by Crippen LogP contribution is 2.33. The van der Waals surface area contributed by atoms with Gasteiger partial charge in [0.1, 0.15) is 6.04 Å². The average Bonchev–Trinajstić information content (AvgIpc) is 3.38. The number of rotatable bonds is 7. The molecule has 12 heteroatoms. The third-order valence-corrected chi connectivity index (χ3v) is 7.30. The molecule has 1 aliphatic rings. The van der Waals surface area contributed by atoms with Crippen LogP contribution in [0.4, 0.5) is 18.9 Å². The second-order valence-corrected chi connectivity index (χ2v) is 9.77. The topological polar surface area (TPSA) is 92.2 Å². The summed E-state index contributed by atoms with van der Waals surface area (Å²) in [6.45, 7) is 6.67. The van der Waals surface area contributed by atoms with Crippen molar-refractivity contribution in [3.63, 3.8) is 0 Å². The number of alkyl halides is 3. The van der Waals surface area contributed by atoms with E-state index in [9.17, 15) is 18.0 Å². The number of aromatic nitrogens is 5. The minimum Gasteiger partial charge on any atom is -0.383 e. The van der Waals surface area contributed by atoms with Gasteiger partial charge in [0.2, 0.25) is 0 Å². The van der Waals surface area contributed by atoms with E-state index in [2.05, 4.69) is 25.4 Å². The number of hydrogen-bond donors (Lipinski definition) is 1. The van der Waals surface area contributed by atoms with Crippen LogP contribution in [-0.4, -0.2) is 70.0 Å². The van der Waals surface area contributed by atoms with Gasteiger partial charge in [0.25, 0.3) is 5.56 Å². The van der Waals surface area contributed by atoms with E-state index in [1.54, 1.807) is 17.9 Å². The summed E-state index contributed by atoms with van der Waals surface area (Å²) < 4.78 is 46.7. The number of fused-ring (bicyclic) bond motifs is 1. The van der Waals surface area contributed by atoms with Gasteiger partial charge in [-0.1, -0.05) is 18.2 Å². The lowest BCUT2D eigenvalue weighted by Gasteiger charge is -2.39. The number of aryl methyl sites for hydroxylation is 2. The van der Waals surface area contributed by atoms with Crippen molar-refractivity contribution in [2.24, 2.45) is 0 Å². The molecule has 1 N–H and O–H groups in total. The number of H-pyrrole nitrogens is 1. The molecule has 4 aromatic rings. The number of hydrogen-bond acceptors (Lipinski definition) is 7. The molecule has 0 spiro atoms. The monoisotopic (exact) mass is 541 g/mol. The number of anilines is 1. The summed E-state index contributed by atoms with van der Waals surface area (Å²) >= 11 is 0. The molecule has 0 radical (unpaired) electrons. The van der Waals surface area contributed by atoms with E-state index in [-0.39, 0.29) is 5.56 Å². The smallest absolute Gasteiger partial charge is 0.383 e. The number of nitrogens with one attached hydrogen (secondary N) is 1. The molecule has 0 amide bonds. The van der Waals surface area contributed by atoms with Crippen LogP contribution in [0, 0.1) is 13.8 Å². The second-order valence-electron chi connectivity index (χ2n) is 9.77. The Bertz CT molecular complexity index is 1520. The molecule has 9 nitrogen and oxygen atoms in total.